The number of para-hydroxylation sites is 1. The quantitative estimate of drug-likeness (QED) is 0.167. The Bertz CT molecular complexity index is 3760. The summed E-state index contributed by atoms with van der Waals surface area (Å²) >= 11 is 0. The fraction of sp³-hybridized carbons (Fsp3) is 0. The average Bonchev–Trinajstić information content (AvgIpc) is 3.83. The van der Waals surface area contributed by atoms with Crippen LogP contribution in [0.5, 0.6) is 0 Å². The van der Waals surface area contributed by atoms with Crippen molar-refractivity contribution in [2.45, 2.75) is 0 Å². The molecule has 7 aromatic carbocycles. The summed E-state index contributed by atoms with van der Waals surface area (Å²) in [4.78, 5) is 14.8. The van der Waals surface area contributed by atoms with E-state index in [0.717, 1.165) is 16.4 Å². The van der Waals surface area contributed by atoms with Gasteiger partial charge in [-0.15, -0.1) is 27.3 Å². The van der Waals surface area contributed by atoms with Crippen LogP contribution < -0.4 is 81.9 Å². The molecule has 0 amide bonds. The van der Waals surface area contributed by atoms with Gasteiger partial charge in [-0.05, 0) is 40.5 Å². The van der Waals surface area contributed by atoms with Gasteiger partial charge < -0.3 is 8.83 Å². The maximum absolute atomic E-state index is 7.30. The Balaban J connectivity index is 1.19. The summed E-state index contributed by atoms with van der Waals surface area (Å²) in [6.45, 7) is 0. The van der Waals surface area contributed by atoms with Crippen LogP contribution in [0.3, 0.4) is 0 Å². The minimum Gasteiger partial charge on any atom is -0.457 e. The van der Waals surface area contributed by atoms with Crippen molar-refractivity contribution in [2.75, 3.05) is 0 Å². The number of aromatic nitrogens is 3. The second-order valence-corrected chi connectivity index (χ2v) is 15.7. The van der Waals surface area contributed by atoms with E-state index in [0.29, 0.717) is 49.8 Å². The predicted octanol–water partition coefficient (Wildman–Crippen LogP) is -5.71. The Labute approximate surface area is 386 Å². The molecule has 11 rings (SSSR count). The van der Waals surface area contributed by atoms with Crippen molar-refractivity contribution in [1.29, 1.82) is 0 Å². The van der Waals surface area contributed by atoms with Crippen LogP contribution in [0.25, 0.3) is 100 Å². The van der Waals surface area contributed by atoms with Gasteiger partial charge in [-0.3, -0.25) is 0 Å². The molecule has 0 spiro atoms. The highest BCUT2D eigenvalue weighted by Gasteiger charge is 2.32. The molecule has 0 N–H and O–H groups in total. The fourth-order valence-corrected chi connectivity index (χ4v) is 9.00. The lowest BCUT2D eigenvalue weighted by Gasteiger charge is -2.30. The molecule has 1 aliphatic rings. The van der Waals surface area contributed by atoms with E-state index in [4.69, 9.17) is 126 Å². The number of benzene rings is 7. The molecular formula is C45H12B14N3O2. The van der Waals surface area contributed by atoms with Crippen LogP contribution in [0.15, 0.2) is 81.6 Å². The van der Waals surface area contributed by atoms with Crippen molar-refractivity contribution >= 4 is 235 Å². The average molecular weight is 778 g/mol. The molecule has 27 radical (unpaired) electrons. The zero-order valence-corrected chi connectivity index (χ0v) is 33.7. The van der Waals surface area contributed by atoms with Gasteiger partial charge in [-0.2, -0.15) is 0 Å². The van der Waals surface area contributed by atoms with Crippen molar-refractivity contribution < 1.29 is 8.83 Å². The van der Waals surface area contributed by atoms with Crippen LogP contribution >= 0.6 is 0 Å². The van der Waals surface area contributed by atoms with Crippen molar-refractivity contribution in [3.05, 3.63) is 72.8 Å². The number of nitrogens with zero attached hydrogens (tertiary/aromatic N) is 3. The summed E-state index contributed by atoms with van der Waals surface area (Å²) in [5, 5.41) is 2.77. The fourth-order valence-electron chi connectivity index (χ4n) is 9.00. The third kappa shape index (κ3) is 5.61. The summed E-state index contributed by atoms with van der Waals surface area (Å²) in [6, 6.07) is 22.9. The number of furan rings is 2. The van der Waals surface area contributed by atoms with Gasteiger partial charge in [0.15, 0.2) is 24.8 Å². The second-order valence-electron chi connectivity index (χ2n) is 15.7. The lowest BCUT2D eigenvalue weighted by atomic mass is 9.50. The van der Waals surface area contributed by atoms with Crippen molar-refractivity contribution in [1.82, 2.24) is 15.0 Å². The number of rotatable bonds is 4. The van der Waals surface area contributed by atoms with Gasteiger partial charge in [0, 0.05) is 38.2 Å². The van der Waals surface area contributed by atoms with Gasteiger partial charge in [0.1, 0.15) is 124 Å². The summed E-state index contributed by atoms with van der Waals surface area (Å²) in [5.41, 5.74) is 5.19. The van der Waals surface area contributed by atoms with Crippen LogP contribution in [-0.2, 0) is 0 Å². The maximum atomic E-state index is 7.30. The number of fused-ring (bicyclic) bond motifs is 5. The first-order valence-corrected chi connectivity index (χ1v) is 19.7. The second kappa shape index (κ2) is 14.5. The Morgan fingerprint density at radius 3 is 1.58 bits per heavy atom. The lowest BCUT2D eigenvalue weighted by molar-refractivity contribution is 0.669. The van der Waals surface area contributed by atoms with E-state index in [2.05, 4.69) is 0 Å². The molecule has 0 saturated heterocycles. The van der Waals surface area contributed by atoms with Gasteiger partial charge in [-0.1, -0.05) is 109 Å². The third-order valence-corrected chi connectivity index (χ3v) is 12.3. The van der Waals surface area contributed by atoms with E-state index in [-0.39, 0.29) is 116 Å². The molecule has 0 fully saturated rings. The summed E-state index contributed by atoms with van der Waals surface area (Å²) in [6.07, 6.45) is 0. The van der Waals surface area contributed by atoms with Crippen LogP contribution in [0, 0.1) is 0 Å². The Morgan fingerprint density at radius 2 is 0.859 bits per heavy atom. The van der Waals surface area contributed by atoms with Crippen LogP contribution in [0.4, 0.5) is 0 Å². The first-order chi connectivity index (χ1) is 30.7. The van der Waals surface area contributed by atoms with Gasteiger partial charge in [-0.25, -0.2) is 15.0 Å². The smallest absolute Gasteiger partial charge is 0.191 e. The maximum Gasteiger partial charge on any atom is 0.191 e. The zero-order valence-electron chi connectivity index (χ0n) is 33.7. The molecule has 0 atom stereocenters. The molecule has 0 aliphatic carbocycles. The first kappa shape index (κ1) is 40.8. The molecule has 10 aromatic rings. The molecule has 1 aliphatic heterocycles. The molecule has 19 heteroatoms. The largest absolute Gasteiger partial charge is 0.457 e. The molecule has 261 valence electrons. The molecule has 0 saturated carbocycles. The Morgan fingerprint density at radius 1 is 0.344 bits per heavy atom. The van der Waals surface area contributed by atoms with Crippen molar-refractivity contribution in [3.8, 4) is 56.4 Å². The highest BCUT2D eigenvalue weighted by molar-refractivity contribution is 6.84. The standard InChI is InChI=1S/C45H12B14N3O2/c46-26-21(30(50)35(55)39-23(26)19-20-24-40(59-39)36(56)34(54)38(58)42(24)64-41(20)37(57)33(53)28(19)48)22-27(47)25(31(51)32(52)29(22)49)45-61-43(13-6-2-1-3-7-13)60-44(62-45)14-10-11-16-15-8-4-5-9-17(15)63-18(16)12-14/h1-12H. The van der Waals surface area contributed by atoms with E-state index >= 15 is 0 Å². The zero-order chi connectivity index (χ0) is 44.8. The van der Waals surface area contributed by atoms with Crippen LogP contribution in [0.2, 0.25) is 0 Å². The van der Waals surface area contributed by atoms with Gasteiger partial charge >= 0.3 is 0 Å². The molecule has 5 nitrogen and oxygen atoms in total. The highest BCUT2D eigenvalue weighted by Crippen LogP contribution is 2.35. The van der Waals surface area contributed by atoms with Crippen LogP contribution in [0.1, 0.15) is 0 Å². The third-order valence-electron chi connectivity index (χ3n) is 12.3. The van der Waals surface area contributed by atoms with E-state index in [1.165, 1.54) is 0 Å². The number of hydrogen-bond donors (Lipinski definition) is 0. The van der Waals surface area contributed by atoms with Crippen molar-refractivity contribution in [2.24, 2.45) is 0 Å². The molecular weight excluding hydrogens is 766 g/mol. The minimum atomic E-state index is -0.0497. The molecule has 64 heavy (non-hydrogen) atoms. The number of hydrogen-bond acceptors (Lipinski definition) is 5. The SMILES string of the molecule is [B]c1c([B])c(-c2nc(-c3ccccc3)nc(-c3ccc4c(c3)oc3ccccc34)n2)c([B])c(-c2c([B])c([B])c3c(c2[B])-c2c([B])c([B])c([B])c4oc5c([B])c([B])c([B])c(c5c24)[B]3)c1[B]. The van der Waals surface area contributed by atoms with Gasteiger partial charge in [0.25, 0.3) is 0 Å². The molecule has 0 unspecified atom stereocenters. The topological polar surface area (TPSA) is 65.0 Å². The first-order valence-electron chi connectivity index (χ1n) is 19.7. The molecule has 0 bridgehead atoms. The summed E-state index contributed by atoms with van der Waals surface area (Å²) in [7, 11) is 90.2. The van der Waals surface area contributed by atoms with E-state index in [9.17, 15) is 0 Å². The minimum absolute atomic E-state index is 0.00462. The molecule has 3 aromatic heterocycles. The van der Waals surface area contributed by atoms with E-state index in [1.807, 2.05) is 72.8 Å². The molecule has 4 heterocycles. The van der Waals surface area contributed by atoms with Gasteiger partial charge in [0.05, 0.1) is 0 Å². The summed E-state index contributed by atoms with van der Waals surface area (Å²) < 4.78 is 12.5. The van der Waals surface area contributed by atoms with Crippen molar-refractivity contribution in [3.63, 3.8) is 0 Å². The predicted molar refractivity (Wildman–Crippen MR) is 277 cm³/mol. The highest BCUT2D eigenvalue weighted by atomic mass is 16.3. The Kier molecular flexibility index (Phi) is 9.27. The van der Waals surface area contributed by atoms with E-state index < -0.39 is 0 Å². The lowest BCUT2D eigenvalue weighted by Crippen LogP contribution is -2.57. The van der Waals surface area contributed by atoms with Crippen LogP contribution in [-0.4, -0.2) is 124 Å². The Hall–Kier alpha value is -5.94. The normalized spacial score (nSPS) is 12.1. The van der Waals surface area contributed by atoms with E-state index in [1.54, 1.807) is 7.28 Å². The van der Waals surface area contributed by atoms with Gasteiger partial charge in [0.2, 0.25) is 0 Å². The summed E-state index contributed by atoms with van der Waals surface area (Å²) in [5.74, 6) is 0.679. The monoisotopic (exact) mass is 780 g/mol.